The fraction of sp³-hybridized carbons (Fsp3) is 0.818. The van der Waals surface area contributed by atoms with Crippen molar-refractivity contribution in [3.05, 3.63) is 11.6 Å². The normalized spacial score (nSPS) is 48.4. The summed E-state index contributed by atoms with van der Waals surface area (Å²) in [5, 5.41) is 9.60. The number of nitrogens with zero attached hydrogens (tertiary/aromatic N) is 1. The van der Waals surface area contributed by atoms with Gasteiger partial charge < -0.3 is 4.74 Å². The summed E-state index contributed by atoms with van der Waals surface area (Å²) in [6.07, 6.45) is 11.6. The predicted octanol–water partition coefficient (Wildman–Crippen LogP) is 5.02. The average Bonchev–Trinajstić information content (AvgIpc) is 2.91. The fourth-order valence-corrected chi connectivity index (χ4v) is 7.18. The zero-order chi connectivity index (χ0) is 17.8. The van der Waals surface area contributed by atoms with Gasteiger partial charge in [0.05, 0.1) is 12.0 Å². The van der Waals surface area contributed by atoms with Crippen LogP contribution >= 0.6 is 0 Å². The Balaban J connectivity index is 1.59. The van der Waals surface area contributed by atoms with Gasteiger partial charge in [-0.05, 0) is 73.5 Å². The SMILES string of the molecule is CC(=O)O[C@@H]1CC[C@@]2(C)C(=CC[C@H]3[C@@H]4CC[C@H](C#N)[C@@]4(C)CC[C@@H]32)C1. The summed E-state index contributed by atoms with van der Waals surface area (Å²) in [4.78, 5) is 11.3. The summed E-state index contributed by atoms with van der Waals surface area (Å²) in [7, 11) is 0. The Labute approximate surface area is 151 Å². The maximum absolute atomic E-state index is 11.3. The quantitative estimate of drug-likeness (QED) is 0.497. The van der Waals surface area contributed by atoms with Gasteiger partial charge in [0.2, 0.25) is 0 Å². The molecule has 0 aromatic heterocycles. The number of carbonyl (C=O) groups excluding carboxylic acids is 1. The topological polar surface area (TPSA) is 50.1 Å². The molecule has 4 rings (SSSR count). The smallest absolute Gasteiger partial charge is 0.302 e. The summed E-state index contributed by atoms with van der Waals surface area (Å²) in [6.45, 7) is 6.39. The minimum Gasteiger partial charge on any atom is -0.462 e. The number of carbonyl (C=O) groups is 1. The van der Waals surface area contributed by atoms with Crippen molar-refractivity contribution < 1.29 is 9.53 Å². The number of ether oxygens (including phenoxy) is 1. The van der Waals surface area contributed by atoms with E-state index in [1.54, 1.807) is 5.57 Å². The van der Waals surface area contributed by atoms with Crippen molar-refractivity contribution in [3.8, 4) is 6.07 Å². The van der Waals surface area contributed by atoms with Crippen molar-refractivity contribution in [2.45, 2.75) is 78.2 Å². The van der Waals surface area contributed by atoms with Crippen molar-refractivity contribution in [3.63, 3.8) is 0 Å². The van der Waals surface area contributed by atoms with Crippen LogP contribution < -0.4 is 0 Å². The van der Waals surface area contributed by atoms with Crippen molar-refractivity contribution in [1.82, 2.24) is 0 Å². The maximum Gasteiger partial charge on any atom is 0.302 e. The molecule has 0 heterocycles. The zero-order valence-electron chi connectivity index (χ0n) is 15.9. The molecule has 7 atom stereocenters. The molecule has 0 aliphatic heterocycles. The molecular formula is C22H31NO2. The van der Waals surface area contributed by atoms with Gasteiger partial charge >= 0.3 is 5.97 Å². The highest BCUT2D eigenvalue weighted by atomic mass is 16.5. The molecule has 0 saturated heterocycles. The standard InChI is InChI=1S/C22H31NO2/c1-14(24)25-17-8-10-21(2)15(12-17)4-6-18-19-7-5-16(13-23)22(19,3)11-9-20(18)21/h4,16-20H,5-12H2,1-3H3/t16-,17-,18+,19+,20+,21+,22-/m1/s1. The fourth-order valence-electron chi connectivity index (χ4n) is 7.18. The van der Waals surface area contributed by atoms with Crippen LogP contribution in [0.3, 0.4) is 0 Å². The van der Waals surface area contributed by atoms with Crippen LogP contribution in [-0.4, -0.2) is 12.1 Å². The lowest BCUT2D eigenvalue weighted by atomic mass is 9.47. The lowest BCUT2D eigenvalue weighted by Crippen LogP contribution is -2.50. The molecule has 25 heavy (non-hydrogen) atoms. The first-order chi connectivity index (χ1) is 11.9. The third kappa shape index (κ3) is 2.47. The highest BCUT2D eigenvalue weighted by molar-refractivity contribution is 5.66. The highest BCUT2D eigenvalue weighted by Gasteiger charge is 2.58. The van der Waals surface area contributed by atoms with E-state index in [9.17, 15) is 10.1 Å². The molecule has 3 saturated carbocycles. The molecule has 4 aliphatic carbocycles. The number of nitriles is 1. The number of esters is 1. The second-order valence-corrected chi connectivity index (χ2v) is 9.54. The van der Waals surface area contributed by atoms with E-state index >= 15 is 0 Å². The molecule has 136 valence electrons. The van der Waals surface area contributed by atoms with Gasteiger partial charge in [-0.1, -0.05) is 25.5 Å². The monoisotopic (exact) mass is 341 g/mol. The number of hydrogen-bond acceptors (Lipinski definition) is 3. The molecule has 4 aliphatic rings. The van der Waals surface area contributed by atoms with Crippen molar-refractivity contribution >= 4 is 5.97 Å². The third-order valence-corrected chi connectivity index (χ3v) is 8.55. The van der Waals surface area contributed by atoms with Gasteiger partial charge in [0, 0.05) is 13.3 Å². The summed E-state index contributed by atoms with van der Waals surface area (Å²) in [5.41, 5.74) is 2.07. The van der Waals surface area contributed by atoms with E-state index in [1.807, 2.05) is 0 Å². The molecule has 0 radical (unpaired) electrons. The first-order valence-electron chi connectivity index (χ1n) is 10.1. The van der Waals surface area contributed by atoms with E-state index in [1.165, 1.54) is 32.6 Å². The van der Waals surface area contributed by atoms with E-state index in [2.05, 4.69) is 26.0 Å². The van der Waals surface area contributed by atoms with Crippen LogP contribution in [0.2, 0.25) is 0 Å². The van der Waals surface area contributed by atoms with Gasteiger partial charge in [0.1, 0.15) is 6.10 Å². The second-order valence-electron chi connectivity index (χ2n) is 9.54. The van der Waals surface area contributed by atoms with Gasteiger partial charge in [-0.25, -0.2) is 0 Å². The van der Waals surface area contributed by atoms with Crippen LogP contribution in [0, 0.1) is 45.8 Å². The van der Waals surface area contributed by atoms with Crippen LogP contribution in [0.4, 0.5) is 0 Å². The minimum atomic E-state index is -0.148. The number of allylic oxidation sites excluding steroid dienone is 1. The Hall–Kier alpha value is -1.30. The molecule has 0 aromatic carbocycles. The highest BCUT2D eigenvalue weighted by Crippen LogP contribution is 2.66. The lowest BCUT2D eigenvalue weighted by Gasteiger charge is -2.57. The molecule has 0 amide bonds. The molecular weight excluding hydrogens is 310 g/mol. The Morgan fingerprint density at radius 2 is 2.00 bits per heavy atom. The first-order valence-corrected chi connectivity index (χ1v) is 10.1. The summed E-state index contributed by atoms with van der Waals surface area (Å²) in [5.74, 6) is 2.33. The van der Waals surface area contributed by atoms with Crippen LogP contribution in [0.5, 0.6) is 0 Å². The van der Waals surface area contributed by atoms with Gasteiger partial charge in [0.25, 0.3) is 0 Å². The van der Waals surface area contributed by atoms with Crippen LogP contribution in [-0.2, 0) is 9.53 Å². The number of fused-ring (bicyclic) bond motifs is 5. The number of hydrogen-bond donors (Lipinski definition) is 0. The molecule has 0 N–H and O–H groups in total. The average molecular weight is 341 g/mol. The molecule has 0 aromatic rings. The summed E-state index contributed by atoms with van der Waals surface area (Å²) < 4.78 is 5.52. The van der Waals surface area contributed by atoms with Crippen LogP contribution in [0.25, 0.3) is 0 Å². The Bertz CT molecular complexity index is 647. The lowest BCUT2D eigenvalue weighted by molar-refractivity contribution is -0.148. The van der Waals surface area contributed by atoms with E-state index in [0.717, 1.165) is 43.4 Å². The van der Waals surface area contributed by atoms with E-state index in [0.29, 0.717) is 0 Å². The van der Waals surface area contributed by atoms with E-state index < -0.39 is 0 Å². The van der Waals surface area contributed by atoms with Crippen LogP contribution in [0.15, 0.2) is 11.6 Å². The zero-order valence-corrected chi connectivity index (χ0v) is 15.9. The molecule has 0 spiro atoms. The third-order valence-electron chi connectivity index (χ3n) is 8.55. The maximum atomic E-state index is 11.3. The second kappa shape index (κ2) is 5.86. The van der Waals surface area contributed by atoms with Gasteiger partial charge in [-0.15, -0.1) is 0 Å². The number of rotatable bonds is 1. The largest absolute Gasteiger partial charge is 0.462 e. The molecule has 0 unspecified atom stereocenters. The van der Waals surface area contributed by atoms with Crippen molar-refractivity contribution in [2.75, 3.05) is 0 Å². The summed E-state index contributed by atoms with van der Waals surface area (Å²) >= 11 is 0. The predicted molar refractivity (Wildman–Crippen MR) is 96.4 cm³/mol. The van der Waals surface area contributed by atoms with Gasteiger partial charge in [-0.3, -0.25) is 4.79 Å². The first kappa shape index (κ1) is 17.1. The van der Waals surface area contributed by atoms with Crippen molar-refractivity contribution in [1.29, 1.82) is 5.26 Å². The van der Waals surface area contributed by atoms with E-state index in [4.69, 9.17) is 4.74 Å². The van der Waals surface area contributed by atoms with Crippen molar-refractivity contribution in [2.24, 2.45) is 34.5 Å². The Morgan fingerprint density at radius 3 is 2.72 bits per heavy atom. The molecule has 3 heteroatoms. The Morgan fingerprint density at radius 1 is 1.20 bits per heavy atom. The minimum absolute atomic E-state index is 0.0803. The molecule has 3 nitrogen and oxygen atoms in total. The van der Waals surface area contributed by atoms with Gasteiger partial charge in [-0.2, -0.15) is 5.26 Å². The van der Waals surface area contributed by atoms with E-state index in [-0.39, 0.29) is 28.8 Å². The molecule has 3 fully saturated rings. The molecule has 0 bridgehead atoms. The summed E-state index contributed by atoms with van der Waals surface area (Å²) in [6, 6.07) is 2.63. The van der Waals surface area contributed by atoms with Gasteiger partial charge in [0.15, 0.2) is 0 Å². The Kier molecular flexibility index (Phi) is 4.02. The van der Waals surface area contributed by atoms with Crippen LogP contribution in [0.1, 0.15) is 72.1 Å².